The molecule has 0 spiro atoms. The lowest BCUT2D eigenvalue weighted by atomic mass is 9.83. The predicted molar refractivity (Wildman–Crippen MR) is 70.0 cm³/mol. The minimum atomic E-state index is -0.118. The molecule has 0 unspecified atom stereocenters. The number of hydrogen-bond donors (Lipinski definition) is 0. The van der Waals surface area contributed by atoms with E-state index in [4.69, 9.17) is 4.74 Å². The maximum absolute atomic E-state index is 6.03. The van der Waals surface area contributed by atoms with Gasteiger partial charge in [0.1, 0.15) is 11.4 Å². The van der Waals surface area contributed by atoms with Crippen molar-refractivity contribution < 1.29 is 4.74 Å². The van der Waals surface area contributed by atoms with Crippen molar-refractivity contribution in [2.24, 2.45) is 5.41 Å². The monoisotopic (exact) mass is 220 g/mol. The smallest absolute Gasteiger partial charge is 0.120 e. The van der Waals surface area contributed by atoms with Crippen molar-refractivity contribution in [1.29, 1.82) is 0 Å². The molecule has 1 heteroatoms. The molecule has 0 atom stereocenters. The minimum absolute atomic E-state index is 0.118. The highest BCUT2D eigenvalue weighted by atomic mass is 16.5. The van der Waals surface area contributed by atoms with E-state index in [1.54, 1.807) is 0 Å². The molecule has 1 nitrogen and oxygen atoms in total. The number of aryl methyl sites for hydroxylation is 1. The molecular formula is C15H24O. The molecule has 0 aliphatic rings. The third-order valence-electron chi connectivity index (χ3n) is 2.37. The highest BCUT2D eigenvalue weighted by Gasteiger charge is 2.27. The van der Waals surface area contributed by atoms with Gasteiger partial charge in [0.25, 0.3) is 0 Å². The Morgan fingerprint density at radius 2 is 1.44 bits per heavy atom. The molecule has 1 aromatic carbocycles. The summed E-state index contributed by atoms with van der Waals surface area (Å²) in [6.07, 6.45) is 1.04. The Labute approximate surface area is 99.8 Å². The highest BCUT2D eigenvalue weighted by molar-refractivity contribution is 5.26. The quantitative estimate of drug-likeness (QED) is 0.724. The van der Waals surface area contributed by atoms with Crippen LogP contribution in [0, 0.1) is 12.3 Å². The number of hydrogen-bond acceptors (Lipinski definition) is 1. The molecule has 0 amide bonds. The van der Waals surface area contributed by atoms with Gasteiger partial charge in [-0.3, -0.25) is 0 Å². The van der Waals surface area contributed by atoms with Crippen LogP contribution in [0.5, 0.6) is 5.75 Å². The molecule has 0 bridgehead atoms. The molecule has 0 saturated carbocycles. The molecule has 16 heavy (non-hydrogen) atoms. The maximum atomic E-state index is 6.03. The summed E-state index contributed by atoms with van der Waals surface area (Å²) in [5, 5.41) is 0. The molecule has 1 rings (SSSR count). The average Bonchev–Trinajstić information content (AvgIpc) is 2.04. The highest BCUT2D eigenvalue weighted by Crippen LogP contribution is 2.30. The van der Waals surface area contributed by atoms with Gasteiger partial charge in [0.05, 0.1) is 0 Å². The first-order chi connectivity index (χ1) is 7.18. The van der Waals surface area contributed by atoms with Crippen LogP contribution in [0.4, 0.5) is 0 Å². The van der Waals surface area contributed by atoms with Gasteiger partial charge in [0, 0.05) is 0 Å². The number of benzene rings is 1. The lowest BCUT2D eigenvalue weighted by molar-refractivity contribution is 0.0622. The van der Waals surface area contributed by atoms with Gasteiger partial charge < -0.3 is 4.74 Å². The number of ether oxygens (including phenoxy) is 1. The summed E-state index contributed by atoms with van der Waals surface area (Å²) in [5.41, 5.74) is 1.43. The van der Waals surface area contributed by atoms with Gasteiger partial charge in [0.15, 0.2) is 0 Å². The summed E-state index contributed by atoms with van der Waals surface area (Å²) >= 11 is 0. The fourth-order valence-electron chi connectivity index (χ4n) is 2.24. The van der Waals surface area contributed by atoms with Crippen LogP contribution < -0.4 is 4.74 Å². The van der Waals surface area contributed by atoms with Crippen molar-refractivity contribution in [2.75, 3.05) is 0 Å². The SMILES string of the molecule is Cc1ccc(OC(C)(C)CC(C)(C)C)cc1. The topological polar surface area (TPSA) is 9.23 Å². The zero-order chi connectivity index (χ0) is 12.4. The molecule has 0 saturated heterocycles. The first-order valence-electron chi connectivity index (χ1n) is 5.94. The Bertz CT molecular complexity index is 327. The fourth-order valence-corrected chi connectivity index (χ4v) is 2.24. The van der Waals surface area contributed by atoms with Crippen molar-refractivity contribution in [3.05, 3.63) is 29.8 Å². The molecule has 0 N–H and O–H groups in total. The molecule has 0 aliphatic heterocycles. The average molecular weight is 220 g/mol. The summed E-state index contributed by atoms with van der Waals surface area (Å²) < 4.78 is 6.03. The lowest BCUT2D eigenvalue weighted by Crippen LogP contribution is -2.33. The van der Waals surface area contributed by atoms with Crippen LogP contribution in [0.2, 0.25) is 0 Å². The molecule has 90 valence electrons. The van der Waals surface area contributed by atoms with E-state index in [1.165, 1.54) is 5.56 Å². The first-order valence-corrected chi connectivity index (χ1v) is 5.94. The van der Waals surface area contributed by atoms with Crippen molar-refractivity contribution >= 4 is 0 Å². The standard InChI is InChI=1S/C15H24O/c1-12-7-9-13(10-8-12)16-15(5,6)11-14(2,3)4/h7-10H,11H2,1-6H3. The summed E-state index contributed by atoms with van der Waals surface area (Å²) in [5.74, 6) is 0.958. The zero-order valence-corrected chi connectivity index (χ0v) is 11.4. The molecule has 1 aromatic rings. The van der Waals surface area contributed by atoms with E-state index in [2.05, 4.69) is 53.7 Å². The van der Waals surface area contributed by atoms with Gasteiger partial charge in [-0.05, 0) is 44.7 Å². The van der Waals surface area contributed by atoms with E-state index in [0.29, 0.717) is 0 Å². The van der Waals surface area contributed by atoms with E-state index in [0.717, 1.165) is 12.2 Å². The van der Waals surface area contributed by atoms with E-state index in [9.17, 15) is 0 Å². The van der Waals surface area contributed by atoms with Gasteiger partial charge in [-0.15, -0.1) is 0 Å². The van der Waals surface area contributed by atoms with Gasteiger partial charge >= 0.3 is 0 Å². The normalized spacial score (nSPS) is 12.6. The molecule has 0 radical (unpaired) electrons. The van der Waals surface area contributed by atoms with Crippen LogP contribution in [-0.2, 0) is 0 Å². The molecule has 0 heterocycles. The van der Waals surface area contributed by atoms with E-state index < -0.39 is 0 Å². The van der Waals surface area contributed by atoms with Crippen LogP contribution in [0.25, 0.3) is 0 Å². The molecule has 0 fully saturated rings. The van der Waals surface area contributed by atoms with Gasteiger partial charge in [0.2, 0.25) is 0 Å². The third-order valence-corrected chi connectivity index (χ3v) is 2.37. The lowest BCUT2D eigenvalue weighted by Gasteiger charge is -2.33. The van der Waals surface area contributed by atoms with Gasteiger partial charge in [-0.1, -0.05) is 38.5 Å². The van der Waals surface area contributed by atoms with E-state index in [1.807, 2.05) is 12.1 Å². The summed E-state index contributed by atoms with van der Waals surface area (Å²) in [7, 11) is 0. The van der Waals surface area contributed by atoms with Crippen LogP contribution in [-0.4, -0.2) is 5.60 Å². The maximum Gasteiger partial charge on any atom is 0.120 e. The van der Waals surface area contributed by atoms with Crippen molar-refractivity contribution in [3.63, 3.8) is 0 Å². The van der Waals surface area contributed by atoms with Crippen molar-refractivity contribution in [2.45, 2.75) is 53.6 Å². The molecule has 0 aromatic heterocycles. The van der Waals surface area contributed by atoms with Crippen LogP contribution >= 0.6 is 0 Å². The van der Waals surface area contributed by atoms with E-state index >= 15 is 0 Å². The third kappa shape index (κ3) is 4.69. The predicted octanol–water partition coefficient (Wildman–Crippen LogP) is 4.59. The number of rotatable bonds is 3. The second-order valence-electron chi connectivity index (χ2n) is 6.41. The second-order valence-corrected chi connectivity index (χ2v) is 6.41. The van der Waals surface area contributed by atoms with Gasteiger partial charge in [-0.25, -0.2) is 0 Å². The van der Waals surface area contributed by atoms with Crippen LogP contribution in [0.15, 0.2) is 24.3 Å². The Kier molecular flexibility index (Phi) is 3.67. The Hall–Kier alpha value is -0.980. The fraction of sp³-hybridized carbons (Fsp3) is 0.600. The Morgan fingerprint density at radius 1 is 0.938 bits per heavy atom. The van der Waals surface area contributed by atoms with E-state index in [-0.39, 0.29) is 11.0 Å². The Balaban J connectivity index is 2.69. The van der Waals surface area contributed by atoms with Gasteiger partial charge in [-0.2, -0.15) is 0 Å². The Morgan fingerprint density at radius 3 is 1.88 bits per heavy atom. The summed E-state index contributed by atoms with van der Waals surface area (Å²) in [4.78, 5) is 0. The summed E-state index contributed by atoms with van der Waals surface area (Å²) in [6, 6.07) is 8.25. The second kappa shape index (κ2) is 4.48. The zero-order valence-electron chi connectivity index (χ0n) is 11.4. The van der Waals surface area contributed by atoms with Crippen LogP contribution in [0.1, 0.15) is 46.6 Å². The molecular weight excluding hydrogens is 196 g/mol. The minimum Gasteiger partial charge on any atom is -0.488 e. The van der Waals surface area contributed by atoms with Crippen LogP contribution in [0.3, 0.4) is 0 Å². The first kappa shape index (κ1) is 13.1. The largest absolute Gasteiger partial charge is 0.488 e. The summed E-state index contributed by atoms with van der Waals surface area (Å²) in [6.45, 7) is 13.1. The van der Waals surface area contributed by atoms with Crippen molar-refractivity contribution in [1.82, 2.24) is 0 Å². The van der Waals surface area contributed by atoms with Crippen molar-refractivity contribution in [3.8, 4) is 5.75 Å². The molecule has 0 aliphatic carbocycles.